The van der Waals surface area contributed by atoms with Crippen LogP contribution in [0.5, 0.6) is 0 Å². The molecule has 5 heteroatoms. The molecule has 138 valence electrons. The van der Waals surface area contributed by atoms with Gasteiger partial charge >= 0.3 is 0 Å². The zero-order valence-electron chi connectivity index (χ0n) is 15.4. The number of amides is 1. The number of fused-ring (bicyclic) bond motifs is 1. The van der Waals surface area contributed by atoms with Crippen LogP contribution in [-0.4, -0.2) is 40.2 Å². The van der Waals surface area contributed by atoms with Gasteiger partial charge in [0, 0.05) is 42.9 Å². The van der Waals surface area contributed by atoms with Crippen molar-refractivity contribution in [1.29, 1.82) is 0 Å². The van der Waals surface area contributed by atoms with Crippen molar-refractivity contribution in [3.63, 3.8) is 0 Å². The molecule has 2 aliphatic rings. The van der Waals surface area contributed by atoms with Gasteiger partial charge in [0.1, 0.15) is 0 Å². The number of nitrogens with two attached hydrogens (primary N) is 1. The minimum atomic E-state index is 0.00885. The van der Waals surface area contributed by atoms with Crippen molar-refractivity contribution in [3.8, 4) is 0 Å². The van der Waals surface area contributed by atoms with E-state index in [1.54, 1.807) is 0 Å². The largest absolute Gasteiger partial charge is 0.342 e. The van der Waals surface area contributed by atoms with Gasteiger partial charge in [0.25, 0.3) is 0 Å². The maximum atomic E-state index is 12.8. The molecule has 0 spiro atoms. The first kappa shape index (κ1) is 17.3. The molecular formula is C21H28N4O. The fraction of sp³-hybridized carbons (Fsp3) is 0.524. The molecule has 1 fully saturated rings. The van der Waals surface area contributed by atoms with Crippen LogP contribution in [-0.2, 0) is 29.6 Å². The molecule has 0 atom stereocenters. The van der Waals surface area contributed by atoms with Crippen LogP contribution in [0.2, 0.25) is 0 Å². The lowest BCUT2D eigenvalue weighted by Crippen LogP contribution is -2.48. The second kappa shape index (κ2) is 7.23. The minimum absolute atomic E-state index is 0.00885. The number of rotatable bonds is 4. The zero-order valence-corrected chi connectivity index (χ0v) is 15.4. The van der Waals surface area contributed by atoms with Crippen molar-refractivity contribution < 1.29 is 4.79 Å². The summed E-state index contributed by atoms with van der Waals surface area (Å²) in [4.78, 5) is 14.9. The Morgan fingerprint density at radius 3 is 2.62 bits per heavy atom. The summed E-state index contributed by atoms with van der Waals surface area (Å²) in [7, 11) is 0. The summed E-state index contributed by atoms with van der Waals surface area (Å²) >= 11 is 0. The molecule has 0 saturated carbocycles. The molecule has 4 rings (SSSR count). The molecule has 0 radical (unpaired) electrons. The summed E-state index contributed by atoms with van der Waals surface area (Å²) < 4.78 is 2.08. The van der Waals surface area contributed by atoms with E-state index in [2.05, 4.69) is 34.0 Å². The van der Waals surface area contributed by atoms with Gasteiger partial charge in [-0.25, -0.2) is 0 Å². The Balaban J connectivity index is 1.41. The predicted octanol–water partition coefficient (Wildman–Crippen LogP) is 2.28. The van der Waals surface area contributed by atoms with Crippen molar-refractivity contribution in [2.24, 2.45) is 5.73 Å². The fourth-order valence-electron chi connectivity index (χ4n) is 4.49. The van der Waals surface area contributed by atoms with Crippen molar-refractivity contribution in [1.82, 2.24) is 14.7 Å². The van der Waals surface area contributed by atoms with E-state index in [9.17, 15) is 4.79 Å². The van der Waals surface area contributed by atoms with Crippen molar-refractivity contribution in [2.75, 3.05) is 19.6 Å². The first-order chi connectivity index (χ1) is 12.7. The van der Waals surface area contributed by atoms with E-state index in [1.165, 1.54) is 24.1 Å². The first-order valence-electron chi connectivity index (χ1n) is 9.79. The highest BCUT2D eigenvalue weighted by molar-refractivity contribution is 5.79. The molecule has 2 aromatic rings. The third kappa shape index (κ3) is 3.16. The van der Waals surface area contributed by atoms with Gasteiger partial charge < -0.3 is 10.6 Å². The summed E-state index contributed by atoms with van der Waals surface area (Å²) in [6, 6.07) is 10.5. The topological polar surface area (TPSA) is 64.2 Å². The number of aromatic nitrogens is 2. The number of likely N-dealkylation sites (tertiary alicyclic amines) is 1. The molecule has 1 amide bonds. The van der Waals surface area contributed by atoms with E-state index < -0.39 is 0 Å². The number of hydrogen-bond acceptors (Lipinski definition) is 3. The first-order valence-corrected chi connectivity index (χ1v) is 9.79. The Bertz CT molecular complexity index is 760. The van der Waals surface area contributed by atoms with Crippen LogP contribution in [0.1, 0.15) is 42.5 Å². The van der Waals surface area contributed by atoms with E-state index >= 15 is 0 Å². The quantitative estimate of drug-likeness (QED) is 0.918. The summed E-state index contributed by atoms with van der Waals surface area (Å²) in [6.07, 6.45) is 7.69. The van der Waals surface area contributed by atoms with Crippen LogP contribution in [0.25, 0.3) is 0 Å². The monoisotopic (exact) mass is 352 g/mol. The van der Waals surface area contributed by atoms with Crippen LogP contribution in [0, 0.1) is 0 Å². The van der Waals surface area contributed by atoms with Crippen LogP contribution >= 0.6 is 0 Å². The molecule has 0 unspecified atom stereocenters. The molecule has 2 aliphatic heterocycles. The number of carbonyl (C=O) groups is 1. The zero-order chi connectivity index (χ0) is 18.0. The lowest BCUT2D eigenvalue weighted by molar-refractivity contribution is -0.132. The fourth-order valence-corrected chi connectivity index (χ4v) is 4.49. The normalized spacial score (nSPS) is 19.2. The van der Waals surface area contributed by atoms with Gasteiger partial charge in [0.2, 0.25) is 5.91 Å². The minimum Gasteiger partial charge on any atom is -0.342 e. The van der Waals surface area contributed by atoms with E-state index in [0.717, 1.165) is 44.5 Å². The number of nitrogens with zero attached hydrogens (tertiary/aromatic N) is 3. The van der Waals surface area contributed by atoms with Gasteiger partial charge in [-0.05, 0) is 37.7 Å². The Kier molecular flexibility index (Phi) is 4.81. The maximum absolute atomic E-state index is 12.8. The van der Waals surface area contributed by atoms with Crippen LogP contribution in [0.4, 0.5) is 0 Å². The summed E-state index contributed by atoms with van der Waals surface area (Å²) in [5, 5.41) is 4.46. The lowest BCUT2D eigenvalue weighted by atomic mass is 9.73. The standard InChI is InChI=1S/C21H28N4O/c22-16-21(18-6-2-1-3-7-18)9-12-24(13-10-21)20(26)14-17-15-23-25-11-5-4-8-19(17)25/h1-3,6-7,15H,4-5,8-14,16,22H2. The average Bonchev–Trinajstić information content (AvgIpc) is 3.11. The third-order valence-corrected chi connectivity index (χ3v) is 6.26. The Hall–Kier alpha value is -2.14. The van der Waals surface area contributed by atoms with E-state index in [0.29, 0.717) is 13.0 Å². The highest BCUT2D eigenvalue weighted by Gasteiger charge is 2.36. The number of aryl methyl sites for hydroxylation is 1. The Morgan fingerprint density at radius 1 is 1.12 bits per heavy atom. The number of carbonyl (C=O) groups excluding carboxylic acids is 1. The second-order valence-corrected chi connectivity index (χ2v) is 7.70. The van der Waals surface area contributed by atoms with Gasteiger partial charge in [-0.1, -0.05) is 30.3 Å². The van der Waals surface area contributed by atoms with Crippen LogP contribution < -0.4 is 5.73 Å². The molecule has 0 bridgehead atoms. The molecule has 1 aromatic carbocycles. The van der Waals surface area contributed by atoms with E-state index in [4.69, 9.17) is 5.73 Å². The third-order valence-electron chi connectivity index (χ3n) is 6.26. The van der Waals surface area contributed by atoms with Gasteiger partial charge in [0.15, 0.2) is 0 Å². The highest BCUT2D eigenvalue weighted by Crippen LogP contribution is 2.34. The number of hydrogen-bond donors (Lipinski definition) is 1. The molecule has 26 heavy (non-hydrogen) atoms. The molecule has 2 N–H and O–H groups in total. The van der Waals surface area contributed by atoms with Crippen LogP contribution in [0.15, 0.2) is 36.5 Å². The number of benzene rings is 1. The SMILES string of the molecule is NCC1(c2ccccc2)CCN(C(=O)Cc2cnn3c2CCCC3)CC1. The second-order valence-electron chi connectivity index (χ2n) is 7.70. The Morgan fingerprint density at radius 2 is 1.88 bits per heavy atom. The highest BCUT2D eigenvalue weighted by atomic mass is 16.2. The number of piperidine rings is 1. The maximum Gasteiger partial charge on any atom is 0.227 e. The van der Waals surface area contributed by atoms with E-state index in [-0.39, 0.29) is 11.3 Å². The van der Waals surface area contributed by atoms with Crippen molar-refractivity contribution in [2.45, 2.75) is 50.5 Å². The van der Waals surface area contributed by atoms with Crippen molar-refractivity contribution in [3.05, 3.63) is 53.3 Å². The van der Waals surface area contributed by atoms with Gasteiger partial charge in [0.05, 0.1) is 12.6 Å². The predicted molar refractivity (Wildman–Crippen MR) is 102 cm³/mol. The smallest absolute Gasteiger partial charge is 0.227 e. The Labute approximate surface area is 155 Å². The van der Waals surface area contributed by atoms with Gasteiger partial charge in [-0.2, -0.15) is 5.10 Å². The van der Waals surface area contributed by atoms with Gasteiger partial charge in [-0.3, -0.25) is 9.48 Å². The summed E-state index contributed by atoms with van der Waals surface area (Å²) in [6.45, 7) is 3.20. The lowest BCUT2D eigenvalue weighted by Gasteiger charge is -2.41. The molecule has 1 saturated heterocycles. The van der Waals surface area contributed by atoms with Crippen molar-refractivity contribution >= 4 is 5.91 Å². The summed E-state index contributed by atoms with van der Waals surface area (Å²) in [5.41, 5.74) is 9.86. The van der Waals surface area contributed by atoms with Gasteiger partial charge in [-0.15, -0.1) is 0 Å². The summed E-state index contributed by atoms with van der Waals surface area (Å²) in [5.74, 6) is 0.227. The van der Waals surface area contributed by atoms with E-state index in [1.807, 2.05) is 17.2 Å². The average molecular weight is 352 g/mol. The molecule has 0 aliphatic carbocycles. The molecule has 3 heterocycles. The molecular weight excluding hydrogens is 324 g/mol. The van der Waals surface area contributed by atoms with Crippen LogP contribution in [0.3, 0.4) is 0 Å². The molecule has 1 aromatic heterocycles. The molecule has 5 nitrogen and oxygen atoms in total.